The smallest absolute Gasteiger partial charge is 0.309 e. The standard InChI is InChI=1S/C22H22F2N2O4/c1-14(20(27)25-19-4-2-3-18(24)13-19)30-22(29)16-9-11-26(12-10-16)21(28)15-5-7-17(23)8-6-15/h2-8,13-14,16H,9-12H2,1H3,(H,25,27)/t14-/m0/s1. The predicted octanol–water partition coefficient (Wildman–Crippen LogP) is 3.39. The zero-order valence-electron chi connectivity index (χ0n) is 16.4. The number of amides is 2. The molecule has 1 aliphatic rings. The average Bonchev–Trinajstić information content (AvgIpc) is 2.74. The van der Waals surface area contributed by atoms with Crippen LogP contribution in [0, 0.1) is 17.6 Å². The number of benzene rings is 2. The van der Waals surface area contributed by atoms with Gasteiger partial charge in [-0.1, -0.05) is 6.07 Å². The molecule has 0 aromatic heterocycles. The number of piperidine rings is 1. The Morgan fingerprint density at radius 1 is 1.03 bits per heavy atom. The molecule has 3 rings (SSSR count). The first-order chi connectivity index (χ1) is 14.3. The molecule has 0 unspecified atom stereocenters. The number of hydrogen-bond acceptors (Lipinski definition) is 4. The molecule has 0 saturated carbocycles. The van der Waals surface area contributed by atoms with Crippen LogP contribution in [0.4, 0.5) is 14.5 Å². The van der Waals surface area contributed by atoms with Gasteiger partial charge in [0.1, 0.15) is 11.6 Å². The normalized spacial score (nSPS) is 15.4. The van der Waals surface area contributed by atoms with Crippen LogP contribution >= 0.6 is 0 Å². The Morgan fingerprint density at radius 3 is 2.33 bits per heavy atom. The van der Waals surface area contributed by atoms with Gasteiger partial charge in [-0.3, -0.25) is 14.4 Å². The van der Waals surface area contributed by atoms with E-state index in [1.165, 1.54) is 55.5 Å². The van der Waals surface area contributed by atoms with Crippen LogP contribution in [0.5, 0.6) is 0 Å². The molecule has 0 spiro atoms. The van der Waals surface area contributed by atoms with E-state index in [0.717, 1.165) is 0 Å². The van der Waals surface area contributed by atoms with Gasteiger partial charge in [0.05, 0.1) is 5.92 Å². The first-order valence-corrected chi connectivity index (χ1v) is 9.65. The maximum Gasteiger partial charge on any atom is 0.309 e. The van der Waals surface area contributed by atoms with E-state index >= 15 is 0 Å². The molecule has 158 valence electrons. The quantitative estimate of drug-likeness (QED) is 0.759. The van der Waals surface area contributed by atoms with E-state index in [1.807, 2.05) is 0 Å². The number of halogens is 2. The van der Waals surface area contributed by atoms with Gasteiger partial charge in [-0.15, -0.1) is 0 Å². The molecule has 1 atom stereocenters. The summed E-state index contributed by atoms with van der Waals surface area (Å²) in [7, 11) is 0. The first-order valence-electron chi connectivity index (χ1n) is 9.65. The van der Waals surface area contributed by atoms with Crippen molar-refractivity contribution < 1.29 is 27.9 Å². The van der Waals surface area contributed by atoms with Crippen molar-refractivity contribution in [1.29, 1.82) is 0 Å². The van der Waals surface area contributed by atoms with Gasteiger partial charge in [-0.25, -0.2) is 8.78 Å². The van der Waals surface area contributed by atoms with Crippen molar-refractivity contribution in [3.05, 3.63) is 65.7 Å². The van der Waals surface area contributed by atoms with Gasteiger partial charge in [0.25, 0.3) is 11.8 Å². The second kappa shape index (κ2) is 9.47. The number of carbonyl (C=O) groups is 3. The summed E-state index contributed by atoms with van der Waals surface area (Å²) in [5.74, 6) is -2.61. The van der Waals surface area contributed by atoms with Gasteiger partial charge in [-0.2, -0.15) is 0 Å². The minimum atomic E-state index is -1.04. The van der Waals surface area contributed by atoms with Crippen molar-refractivity contribution in [1.82, 2.24) is 4.90 Å². The third-order valence-electron chi connectivity index (χ3n) is 4.96. The van der Waals surface area contributed by atoms with Gasteiger partial charge in [-0.05, 0) is 62.2 Å². The van der Waals surface area contributed by atoms with Crippen LogP contribution < -0.4 is 5.32 Å². The molecule has 1 N–H and O–H groups in total. The van der Waals surface area contributed by atoms with Crippen LogP contribution in [0.25, 0.3) is 0 Å². The summed E-state index contributed by atoms with van der Waals surface area (Å²) in [4.78, 5) is 38.6. The van der Waals surface area contributed by atoms with Crippen molar-refractivity contribution in [2.45, 2.75) is 25.9 Å². The van der Waals surface area contributed by atoms with Crippen LogP contribution in [0.3, 0.4) is 0 Å². The third-order valence-corrected chi connectivity index (χ3v) is 4.96. The number of nitrogens with one attached hydrogen (secondary N) is 1. The molecule has 2 amide bonds. The van der Waals surface area contributed by atoms with Crippen molar-refractivity contribution in [2.24, 2.45) is 5.92 Å². The fourth-order valence-electron chi connectivity index (χ4n) is 3.23. The highest BCUT2D eigenvalue weighted by molar-refractivity contribution is 5.95. The molecular weight excluding hydrogens is 394 g/mol. The minimum absolute atomic E-state index is 0.218. The molecule has 2 aromatic carbocycles. The molecule has 1 aliphatic heterocycles. The lowest BCUT2D eigenvalue weighted by atomic mass is 9.96. The van der Waals surface area contributed by atoms with E-state index in [-0.39, 0.29) is 11.6 Å². The van der Waals surface area contributed by atoms with E-state index in [2.05, 4.69) is 5.32 Å². The number of carbonyl (C=O) groups excluding carboxylic acids is 3. The number of anilines is 1. The predicted molar refractivity (Wildman–Crippen MR) is 106 cm³/mol. The highest BCUT2D eigenvalue weighted by Crippen LogP contribution is 2.21. The van der Waals surface area contributed by atoms with E-state index in [9.17, 15) is 23.2 Å². The summed E-state index contributed by atoms with van der Waals surface area (Å²) in [6, 6.07) is 10.7. The number of nitrogens with zero attached hydrogens (tertiary/aromatic N) is 1. The van der Waals surface area contributed by atoms with Crippen molar-refractivity contribution in [2.75, 3.05) is 18.4 Å². The van der Waals surface area contributed by atoms with Crippen molar-refractivity contribution in [3.8, 4) is 0 Å². The Kier molecular flexibility index (Phi) is 6.76. The largest absolute Gasteiger partial charge is 0.452 e. The summed E-state index contributed by atoms with van der Waals surface area (Å²) in [6.07, 6.45) is -0.228. The third kappa shape index (κ3) is 5.40. The molecule has 2 aromatic rings. The lowest BCUT2D eigenvalue weighted by Crippen LogP contribution is -2.41. The minimum Gasteiger partial charge on any atom is -0.452 e. The Hall–Kier alpha value is -3.29. The molecule has 0 bridgehead atoms. The van der Waals surface area contributed by atoms with Crippen LogP contribution in [0.1, 0.15) is 30.1 Å². The zero-order valence-corrected chi connectivity index (χ0v) is 16.4. The first kappa shape index (κ1) is 21.4. The molecule has 1 fully saturated rings. The number of rotatable bonds is 5. The topological polar surface area (TPSA) is 75.7 Å². The van der Waals surface area contributed by atoms with E-state index in [1.54, 1.807) is 4.90 Å². The molecule has 8 heteroatoms. The monoisotopic (exact) mass is 416 g/mol. The maximum atomic E-state index is 13.2. The summed E-state index contributed by atoms with van der Waals surface area (Å²) in [6.45, 7) is 2.17. The number of likely N-dealkylation sites (tertiary alicyclic amines) is 1. The molecule has 0 radical (unpaired) electrons. The molecule has 1 saturated heterocycles. The zero-order chi connectivity index (χ0) is 21.7. The highest BCUT2D eigenvalue weighted by atomic mass is 19.1. The van der Waals surface area contributed by atoms with Crippen LogP contribution in [0.15, 0.2) is 48.5 Å². The Bertz CT molecular complexity index is 925. The summed E-state index contributed by atoms with van der Waals surface area (Å²) >= 11 is 0. The van der Waals surface area contributed by atoms with Gasteiger partial charge in [0.15, 0.2) is 6.10 Å². The van der Waals surface area contributed by atoms with Gasteiger partial charge >= 0.3 is 5.97 Å². The van der Waals surface area contributed by atoms with E-state index < -0.39 is 35.5 Å². The van der Waals surface area contributed by atoms with Crippen LogP contribution in [-0.4, -0.2) is 41.9 Å². The summed E-state index contributed by atoms with van der Waals surface area (Å²) in [5.41, 5.74) is 0.663. The second-order valence-corrected chi connectivity index (χ2v) is 7.15. The Labute approximate surface area is 172 Å². The highest BCUT2D eigenvalue weighted by Gasteiger charge is 2.30. The van der Waals surface area contributed by atoms with Gasteiger partial charge in [0.2, 0.25) is 0 Å². The fourth-order valence-corrected chi connectivity index (χ4v) is 3.23. The molecule has 1 heterocycles. The SMILES string of the molecule is C[C@H](OC(=O)C1CCN(C(=O)c2ccc(F)cc2)CC1)C(=O)Nc1cccc(F)c1. The molecular formula is C22H22F2N2O4. The van der Waals surface area contributed by atoms with E-state index in [4.69, 9.17) is 4.74 Å². The maximum absolute atomic E-state index is 13.2. The van der Waals surface area contributed by atoms with Crippen molar-refractivity contribution in [3.63, 3.8) is 0 Å². The van der Waals surface area contributed by atoms with Gasteiger partial charge in [0, 0.05) is 24.3 Å². The second-order valence-electron chi connectivity index (χ2n) is 7.15. The number of ether oxygens (including phenoxy) is 1. The van der Waals surface area contributed by atoms with Crippen molar-refractivity contribution >= 4 is 23.5 Å². The lowest BCUT2D eigenvalue weighted by Gasteiger charge is -2.31. The van der Waals surface area contributed by atoms with Gasteiger partial charge < -0.3 is 15.0 Å². The molecule has 30 heavy (non-hydrogen) atoms. The summed E-state index contributed by atoms with van der Waals surface area (Å²) < 4.78 is 31.5. The Morgan fingerprint density at radius 2 is 1.70 bits per heavy atom. The fraction of sp³-hybridized carbons (Fsp3) is 0.318. The Balaban J connectivity index is 1.48. The van der Waals surface area contributed by atoms with Crippen LogP contribution in [-0.2, 0) is 14.3 Å². The number of esters is 1. The lowest BCUT2D eigenvalue weighted by molar-refractivity contribution is -0.158. The average molecular weight is 416 g/mol. The van der Waals surface area contributed by atoms with Crippen LogP contribution in [0.2, 0.25) is 0 Å². The number of hydrogen-bond donors (Lipinski definition) is 1. The molecule has 6 nitrogen and oxygen atoms in total. The molecule has 0 aliphatic carbocycles. The summed E-state index contributed by atoms with van der Waals surface area (Å²) in [5, 5.41) is 2.50. The van der Waals surface area contributed by atoms with E-state index in [0.29, 0.717) is 31.5 Å².